The fraction of sp³-hybridized carbons (Fsp3) is 0.0714. The zero-order chi connectivity index (χ0) is 18.1. The topological polar surface area (TPSA) is 142 Å². The molecule has 0 aliphatic carbocycles. The number of nitrogens with one attached hydrogen (secondary N) is 1. The first kappa shape index (κ1) is 16.7. The summed E-state index contributed by atoms with van der Waals surface area (Å²) in [6.07, 6.45) is -4.95. The second-order valence-electron chi connectivity index (χ2n) is 4.51. The maximum absolute atomic E-state index is 12.4. The van der Waals surface area contributed by atoms with Crippen LogP contribution in [0.15, 0.2) is 23.0 Å². The van der Waals surface area contributed by atoms with Crippen LogP contribution in [0.25, 0.3) is 11.1 Å². The molecule has 1 aromatic heterocycles. The normalized spacial score (nSPS) is 10.7. The maximum Gasteiger partial charge on any atom is 0.573 e. The molecule has 10 heteroatoms. The van der Waals surface area contributed by atoms with Crippen molar-refractivity contribution in [3.8, 4) is 29.0 Å². The number of rotatable bonds is 2. The van der Waals surface area contributed by atoms with E-state index in [-0.39, 0.29) is 28.2 Å². The first-order chi connectivity index (χ1) is 11.2. The predicted molar refractivity (Wildman–Crippen MR) is 77.4 cm³/mol. The van der Waals surface area contributed by atoms with E-state index in [1.807, 2.05) is 0 Å². The second kappa shape index (κ2) is 5.85. The number of nitriles is 2. The fourth-order valence-corrected chi connectivity index (χ4v) is 2.06. The summed E-state index contributed by atoms with van der Waals surface area (Å²) in [6.45, 7) is 0. The Bertz CT molecular complexity index is 951. The number of pyridine rings is 1. The van der Waals surface area contributed by atoms with Gasteiger partial charge in [-0.15, -0.1) is 13.2 Å². The Balaban J connectivity index is 2.82. The Kier molecular flexibility index (Phi) is 4.07. The van der Waals surface area contributed by atoms with E-state index in [0.29, 0.717) is 0 Å². The third-order valence-corrected chi connectivity index (χ3v) is 3.00. The van der Waals surface area contributed by atoms with Crippen molar-refractivity contribution in [2.24, 2.45) is 0 Å². The number of nitrogens with two attached hydrogens (primary N) is 2. The summed E-state index contributed by atoms with van der Waals surface area (Å²) < 4.78 is 40.9. The van der Waals surface area contributed by atoms with E-state index in [2.05, 4.69) is 9.72 Å². The number of H-pyrrole nitrogens is 1. The highest BCUT2D eigenvalue weighted by Gasteiger charge is 2.31. The predicted octanol–water partition coefficient (Wildman–Crippen LogP) is 1.85. The van der Waals surface area contributed by atoms with Crippen LogP contribution >= 0.6 is 0 Å². The van der Waals surface area contributed by atoms with Crippen molar-refractivity contribution in [3.05, 3.63) is 39.7 Å². The van der Waals surface area contributed by atoms with Gasteiger partial charge in [-0.05, 0) is 18.2 Å². The minimum absolute atomic E-state index is 0.0671. The van der Waals surface area contributed by atoms with Crippen LogP contribution in [0.3, 0.4) is 0 Å². The van der Waals surface area contributed by atoms with Crippen molar-refractivity contribution in [2.45, 2.75) is 6.36 Å². The van der Waals surface area contributed by atoms with Gasteiger partial charge in [-0.1, -0.05) is 0 Å². The zero-order valence-corrected chi connectivity index (χ0v) is 11.7. The summed E-state index contributed by atoms with van der Waals surface area (Å²) in [7, 11) is 0. The van der Waals surface area contributed by atoms with Crippen molar-refractivity contribution < 1.29 is 17.9 Å². The van der Waals surface area contributed by atoms with Gasteiger partial charge in [0.25, 0.3) is 5.56 Å². The molecule has 0 radical (unpaired) electrons. The Morgan fingerprint density at radius 3 is 2.29 bits per heavy atom. The average Bonchev–Trinajstić information content (AvgIpc) is 2.47. The lowest BCUT2D eigenvalue weighted by molar-refractivity contribution is -0.274. The molecule has 2 aromatic rings. The van der Waals surface area contributed by atoms with Gasteiger partial charge >= 0.3 is 6.36 Å². The summed E-state index contributed by atoms with van der Waals surface area (Å²) in [5.41, 5.74) is 9.10. The third-order valence-electron chi connectivity index (χ3n) is 3.00. The standard InChI is InChI=1S/C14H8F3N5O2/c15-14(16,17)24-6-1-2-10(20)7(3-6)11-8(4-18)12(21)22-13(23)9(11)5-19/h1-3H,20H2,(H3,21,22,23). The van der Waals surface area contributed by atoms with E-state index in [1.54, 1.807) is 12.1 Å². The minimum atomic E-state index is -4.95. The zero-order valence-electron chi connectivity index (χ0n) is 11.7. The number of hydrogen-bond acceptors (Lipinski definition) is 6. The molecular weight excluding hydrogens is 327 g/mol. The van der Waals surface area contributed by atoms with E-state index >= 15 is 0 Å². The Labute approximate surface area is 132 Å². The van der Waals surface area contributed by atoms with Gasteiger partial charge < -0.3 is 21.2 Å². The van der Waals surface area contributed by atoms with E-state index in [9.17, 15) is 23.2 Å². The highest BCUT2D eigenvalue weighted by atomic mass is 19.4. The van der Waals surface area contributed by atoms with Crippen LogP contribution in [0, 0.1) is 22.7 Å². The summed E-state index contributed by atoms with van der Waals surface area (Å²) in [5.74, 6) is -0.962. The van der Waals surface area contributed by atoms with Crippen LogP contribution in [0.4, 0.5) is 24.7 Å². The monoisotopic (exact) mass is 335 g/mol. The van der Waals surface area contributed by atoms with Crippen molar-refractivity contribution in [2.75, 3.05) is 11.5 Å². The first-order valence-electron chi connectivity index (χ1n) is 6.19. The number of aromatic amines is 1. The molecule has 0 aliphatic rings. The Morgan fingerprint density at radius 2 is 1.75 bits per heavy atom. The summed E-state index contributed by atoms with van der Waals surface area (Å²) in [6, 6.07) is 6.21. The largest absolute Gasteiger partial charge is 0.573 e. The third kappa shape index (κ3) is 3.08. The first-order valence-corrected chi connectivity index (χ1v) is 6.19. The van der Waals surface area contributed by atoms with Gasteiger partial charge in [0.15, 0.2) is 0 Å². The van der Waals surface area contributed by atoms with Crippen molar-refractivity contribution in [3.63, 3.8) is 0 Å². The molecule has 0 spiro atoms. The van der Waals surface area contributed by atoms with Gasteiger partial charge in [-0.25, -0.2) is 0 Å². The molecule has 0 amide bonds. The van der Waals surface area contributed by atoms with E-state index in [4.69, 9.17) is 16.7 Å². The van der Waals surface area contributed by atoms with E-state index < -0.39 is 23.2 Å². The maximum atomic E-state index is 12.4. The van der Waals surface area contributed by atoms with E-state index in [1.165, 1.54) is 0 Å². The van der Waals surface area contributed by atoms with Crippen LogP contribution in [-0.2, 0) is 0 Å². The molecular formula is C14H8F3N5O2. The van der Waals surface area contributed by atoms with Gasteiger partial charge in [-0.3, -0.25) is 4.79 Å². The summed E-state index contributed by atoms with van der Waals surface area (Å²) in [5, 5.41) is 18.4. The smallest absolute Gasteiger partial charge is 0.406 e. The highest BCUT2D eigenvalue weighted by Crippen LogP contribution is 2.36. The SMILES string of the molecule is N#Cc1c(N)[nH]c(=O)c(C#N)c1-c1cc(OC(F)(F)F)ccc1N. The molecule has 0 bridgehead atoms. The average molecular weight is 335 g/mol. The number of ether oxygens (including phenoxy) is 1. The molecule has 5 N–H and O–H groups in total. The molecule has 7 nitrogen and oxygen atoms in total. The van der Waals surface area contributed by atoms with Crippen LogP contribution < -0.4 is 21.8 Å². The molecule has 0 atom stereocenters. The van der Waals surface area contributed by atoms with Crippen LogP contribution in [0.5, 0.6) is 5.75 Å². The van der Waals surface area contributed by atoms with Crippen LogP contribution in [0.1, 0.15) is 11.1 Å². The number of nitrogens with zero attached hydrogens (tertiary/aromatic N) is 2. The summed E-state index contributed by atoms with van der Waals surface area (Å²) in [4.78, 5) is 14.0. The number of nitrogen functional groups attached to an aromatic ring is 2. The molecule has 24 heavy (non-hydrogen) atoms. The number of anilines is 2. The van der Waals surface area contributed by atoms with Gasteiger partial charge in [0.05, 0.1) is 0 Å². The fourth-order valence-electron chi connectivity index (χ4n) is 2.06. The molecule has 0 saturated carbocycles. The van der Waals surface area contributed by atoms with Gasteiger partial charge in [-0.2, -0.15) is 10.5 Å². The minimum Gasteiger partial charge on any atom is -0.406 e. The molecule has 0 aliphatic heterocycles. The van der Waals surface area contributed by atoms with Crippen molar-refractivity contribution >= 4 is 11.5 Å². The molecule has 122 valence electrons. The van der Waals surface area contributed by atoms with Crippen LogP contribution in [0.2, 0.25) is 0 Å². The summed E-state index contributed by atoms with van der Waals surface area (Å²) >= 11 is 0. The number of halogens is 3. The van der Waals surface area contributed by atoms with Gasteiger partial charge in [0, 0.05) is 16.8 Å². The lowest BCUT2D eigenvalue weighted by atomic mass is 9.95. The quantitative estimate of drug-likeness (QED) is 0.715. The van der Waals surface area contributed by atoms with Crippen molar-refractivity contribution in [1.29, 1.82) is 10.5 Å². The highest BCUT2D eigenvalue weighted by molar-refractivity contribution is 5.87. The van der Waals surface area contributed by atoms with E-state index in [0.717, 1.165) is 18.2 Å². The molecule has 1 heterocycles. The van der Waals surface area contributed by atoms with Gasteiger partial charge in [0.1, 0.15) is 34.8 Å². The molecule has 0 unspecified atom stereocenters. The number of alkyl halides is 3. The second-order valence-corrected chi connectivity index (χ2v) is 4.51. The molecule has 1 aromatic carbocycles. The number of benzene rings is 1. The van der Waals surface area contributed by atoms with Crippen molar-refractivity contribution in [1.82, 2.24) is 4.98 Å². The van der Waals surface area contributed by atoms with Crippen LogP contribution in [-0.4, -0.2) is 11.3 Å². The Hall–Kier alpha value is -3.66. The molecule has 2 rings (SSSR count). The molecule has 0 fully saturated rings. The number of aromatic nitrogens is 1. The lowest BCUT2D eigenvalue weighted by Crippen LogP contribution is -2.18. The lowest BCUT2D eigenvalue weighted by Gasteiger charge is -2.14. The molecule has 0 saturated heterocycles. The Morgan fingerprint density at radius 1 is 1.12 bits per heavy atom. The van der Waals surface area contributed by atoms with Gasteiger partial charge in [0.2, 0.25) is 0 Å². The number of hydrogen-bond donors (Lipinski definition) is 3.